The molecule has 1 aromatic carbocycles. The van der Waals surface area contributed by atoms with E-state index in [1.807, 2.05) is 24.3 Å². The summed E-state index contributed by atoms with van der Waals surface area (Å²) < 4.78 is 4.53. The lowest BCUT2D eigenvalue weighted by atomic mass is 10.0. The summed E-state index contributed by atoms with van der Waals surface area (Å²) in [5.41, 5.74) is 1.69. The number of H-pyrrole nitrogens is 1. The van der Waals surface area contributed by atoms with Crippen LogP contribution in [0.1, 0.15) is 18.1 Å². The third-order valence-electron chi connectivity index (χ3n) is 2.58. The number of aliphatic hydroxyl groups excluding tert-OH is 1. The molecule has 0 radical (unpaired) electrons. The first-order valence-electron chi connectivity index (χ1n) is 5.03. The molecular weight excluding hydrogens is 206 g/mol. The normalized spacial score (nSPS) is 12.6. The van der Waals surface area contributed by atoms with Crippen molar-refractivity contribution in [3.8, 4) is 0 Å². The molecule has 0 aliphatic rings. The molecule has 0 saturated heterocycles. The lowest BCUT2D eigenvalue weighted by Crippen LogP contribution is -2.08. The van der Waals surface area contributed by atoms with E-state index in [4.69, 9.17) is 0 Å². The summed E-state index contributed by atoms with van der Waals surface area (Å²) in [6, 6.07) is 7.45. The molecule has 0 unspecified atom stereocenters. The maximum absolute atomic E-state index is 11.1. The number of carbonyl (C=O) groups excluding carboxylic acids is 1. The number of aromatic amines is 1. The van der Waals surface area contributed by atoms with Crippen molar-refractivity contribution in [2.24, 2.45) is 0 Å². The standard InChI is InChI=1S/C12H13NO3/c1-16-12(15)7-11(14)9-3-2-4-10-8(9)5-6-13-10/h2-6,11,13-14H,7H2,1H3/t11-/m1/s1. The van der Waals surface area contributed by atoms with Crippen molar-refractivity contribution >= 4 is 16.9 Å². The third kappa shape index (κ3) is 1.92. The quantitative estimate of drug-likeness (QED) is 0.773. The van der Waals surface area contributed by atoms with Crippen molar-refractivity contribution in [3.05, 3.63) is 36.0 Å². The summed E-state index contributed by atoms with van der Waals surface area (Å²) in [6.45, 7) is 0. The Labute approximate surface area is 92.9 Å². The fraction of sp³-hybridized carbons (Fsp3) is 0.250. The van der Waals surface area contributed by atoms with Gasteiger partial charge in [0.05, 0.1) is 19.6 Å². The Morgan fingerprint density at radius 2 is 2.31 bits per heavy atom. The van der Waals surface area contributed by atoms with Crippen LogP contribution in [-0.4, -0.2) is 23.2 Å². The van der Waals surface area contributed by atoms with Crippen molar-refractivity contribution < 1.29 is 14.6 Å². The summed E-state index contributed by atoms with van der Waals surface area (Å²) in [5.74, 6) is -0.417. The van der Waals surface area contributed by atoms with Gasteiger partial charge in [-0.2, -0.15) is 0 Å². The average Bonchev–Trinajstić information content (AvgIpc) is 2.76. The van der Waals surface area contributed by atoms with E-state index in [9.17, 15) is 9.90 Å². The molecule has 0 spiro atoms. The molecule has 0 aliphatic carbocycles. The van der Waals surface area contributed by atoms with Gasteiger partial charge >= 0.3 is 5.97 Å². The number of ether oxygens (including phenoxy) is 1. The van der Waals surface area contributed by atoms with Crippen molar-refractivity contribution in [1.82, 2.24) is 4.98 Å². The number of esters is 1. The first-order valence-corrected chi connectivity index (χ1v) is 5.03. The molecule has 4 nitrogen and oxygen atoms in total. The highest BCUT2D eigenvalue weighted by Crippen LogP contribution is 2.25. The number of hydrogen-bond donors (Lipinski definition) is 2. The van der Waals surface area contributed by atoms with Crippen LogP contribution in [0, 0.1) is 0 Å². The second-order valence-corrected chi connectivity index (χ2v) is 3.58. The van der Waals surface area contributed by atoms with Crippen molar-refractivity contribution in [2.75, 3.05) is 7.11 Å². The highest BCUT2D eigenvalue weighted by molar-refractivity contribution is 5.84. The van der Waals surface area contributed by atoms with Crippen molar-refractivity contribution in [3.63, 3.8) is 0 Å². The van der Waals surface area contributed by atoms with Crippen LogP contribution in [0.2, 0.25) is 0 Å². The summed E-state index contributed by atoms with van der Waals surface area (Å²) >= 11 is 0. The third-order valence-corrected chi connectivity index (χ3v) is 2.58. The van der Waals surface area contributed by atoms with Gasteiger partial charge < -0.3 is 14.8 Å². The number of aromatic nitrogens is 1. The number of fused-ring (bicyclic) bond motifs is 1. The molecule has 84 valence electrons. The second-order valence-electron chi connectivity index (χ2n) is 3.58. The molecule has 2 N–H and O–H groups in total. The van der Waals surface area contributed by atoms with Crippen molar-refractivity contribution in [1.29, 1.82) is 0 Å². The van der Waals surface area contributed by atoms with Gasteiger partial charge in [-0.3, -0.25) is 4.79 Å². The highest BCUT2D eigenvalue weighted by Gasteiger charge is 2.15. The predicted molar refractivity (Wildman–Crippen MR) is 59.9 cm³/mol. The summed E-state index contributed by atoms with van der Waals surface area (Å²) in [5, 5.41) is 10.9. The lowest BCUT2D eigenvalue weighted by molar-refractivity contribution is -0.142. The number of benzene rings is 1. The van der Waals surface area contributed by atoms with Crippen LogP contribution in [0.3, 0.4) is 0 Å². The van der Waals surface area contributed by atoms with Gasteiger partial charge in [0.2, 0.25) is 0 Å². The van der Waals surface area contributed by atoms with Gasteiger partial charge in [0.25, 0.3) is 0 Å². The predicted octanol–water partition coefficient (Wildman–Crippen LogP) is 1.76. The zero-order valence-electron chi connectivity index (χ0n) is 8.93. The fourth-order valence-electron chi connectivity index (χ4n) is 1.75. The summed E-state index contributed by atoms with van der Waals surface area (Å²) in [6.07, 6.45) is 0.951. The Morgan fingerprint density at radius 1 is 1.50 bits per heavy atom. The highest BCUT2D eigenvalue weighted by atomic mass is 16.5. The molecule has 0 amide bonds. The van der Waals surface area contributed by atoms with Gasteiger partial charge in [-0.15, -0.1) is 0 Å². The molecular formula is C12H13NO3. The van der Waals surface area contributed by atoms with E-state index < -0.39 is 12.1 Å². The molecule has 0 aliphatic heterocycles. The Morgan fingerprint density at radius 3 is 3.06 bits per heavy atom. The number of aliphatic hydroxyl groups is 1. The van der Waals surface area contributed by atoms with E-state index in [-0.39, 0.29) is 6.42 Å². The molecule has 1 heterocycles. The molecule has 0 saturated carbocycles. The first kappa shape index (κ1) is 10.7. The van der Waals surface area contributed by atoms with Crippen LogP contribution < -0.4 is 0 Å². The van der Waals surface area contributed by atoms with E-state index >= 15 is 0 Å². The van der Waals surface area contributed by atoms with Crippen LogP contribution in [0.15, 0.2) is 30.5 Å². The van der Waals surface area contributed by atoms with Crippen LogP contribution in [-0.2, 0) is 9.53 Å². The number of methoxy groups -OCH3 is 1. The van der Waals surface area contributed by atoms with Gasteiger partial charge in [0.15, 0.2) is 0 Å². The average molecular weight is 219 g/mol. The second kappa shape index (κ2) is 4.37. The van der Waals surface area contributed by atoms with Crippen LogP contribution in [0.5, 0.6) is 0 Å². The van der Waals surface area contributed by atoms with E-state index in [0.29, 0.717) is 0 Å². The molecule has 4 heteroatoms. The fourth-order valence-corrected chi connectivity index (χ4v) is 1.75. The maximum atomic E-state index is 11.1. The number of rotatable bonds is 3. The summed E-state index contributed by atoms with van der Waals surface area (Å²) in [4.78, 5) is 14.1. The molecule has 1 aromatic heterocycles. The Kier molecular flexibility index (Phi) is 2.92. The number of carbonyl (C=O) groups is 1. The largest absolute Gasteiger partial charge is 0.469 e. The minimum atomic E-state index is -0.827. The maximum Gasteiger partial charge on any atom is 0.308 e. The minimum absolute atomic E-state index is 0.0270. The Balaban J connectivity index is 2.32. The minimum Gasteiger partial charge on any atom is -0.469 e. The first-order chi connectivity index (χ1) is 7.72. The van der Waals surface area contributed by atoms with E-state index in [1.54, 1.807) is 6.20 Å². The topological polar surface area (TPSA) is 62.3 Å². The van der Waals surface area contributed by atoms with Gasteiger partial charge in [-0.05, 0) is 17.7 Å². The monoisotopic (exact) mass is 219 g/mol. The van der Waals surface area contributed by atoms with Crippen LogP contribution in [0.25, 0.3) is 10.9 Å². The van der Waals surface area contributed by atoms with Gasteiger partial charge in [-0.25, -0.2) is 0 Å². The van der Waals surface area contributed by atoms with Gasteiger partial charge in [-0.1, -0.05) is 12.1 Å². The molecule has 0 fully saturated rings. The zero-order valence-corrected chi connectivity index (χ0v) is 8.93. The van der Waals surface area contributed by atoms with Gasteiger partial charge in [0, 0.05) is 17.1 Å². The number of nitrogens with one attached hydrogen (secondary N) is 1. The number of hydrogen-bond acceptors (Lipinski definition) is 3. The van der Waals surface area contributed by atoms with E-state index in [0.717, 1.165) is 16.5 Å². The summed E-state index contributed by atoms with van der Waals surface area (Å²) in [7, 11) is 1.31. The van der Waals surface area contributed by atoms with Gasteiger partial charge in [0.1, 0.15) is 0 Å². The Hall–Kier alpha value is -1.81. The Bertz CT molecular complexity index is 504. The smallest absolute Gasteiger partial charge is 0.308 e. The molecule has 16 heavy (non-hydrogen) atoms. The zero-order chi connectivity index (χ0) is 11.5. The molecule has 1 atom stereocenters. The van der Waals surface area contributed by atoms with Crippen LogP contribution in [0.4, 0.5) is 0 Å². The SMILES string of the molecule is COC(=O)C[C@@H](O)c1cccc2[nH]ccc12. The lowest BCUT2D eigenvalue weighted by Gasteiger charge is -2.10. The van der Waals surface area contributed by atoms with E-state index in [1.165, 1.54) is 7.11 Å². The van der Waals surface area contributed by atoms with Crippen molar-refractivity contribution in [2.45, 2.75) is 12.5 Å². The molecule has 2 rings (SSSR count). The van der Waals surface area contributed by atoms with Crippen LogP contribution >= 0.6 is 0 Å². The molecule has 0 bridgehead atoms. The van der Waals surface area contributed by atoms with E-state index in [2.05, 4.69) is 9.72 Å². The molecule has 2 aromatic rings.